The van der Waals surface area contributed by atoms with Gasteiger partial charge in [-0.15, -0.1) is 0 Å². The molecule has 0 aromatic heterocycles. The van der Waals surface area contributed by atoms with E-state index in [0.29, 0.717) is 6.61 Å². The molecule has 1 saturated heterocycles. The molecule has 88 valence electrons. The lowest BCUT2D eigenvalue weighted by molar-refractivity contribution is 0.122. The Labute approximate surface area is 92.0 Å². The van der Waals surface area contributed by atoms with Gasteiger partial charge in [0.1, 0.15) is 0 Å². The number of hydrogen-bond acceptors (Lipinski definition) is 3. The number of rotatable bonds is 3. The van der Waals surface area contributed by atoms with Crippen LogP contribution in [0.5, 0.6) is 0 Å². The molecular formula is C11H13F2NO2. The summed E-state index contributed by atoms with van der Waals surface area (Å²) in [5.74, 6) is -1.70. The number of nitrogens with one attached hydrogen (secondary N) is 1. The van der Waals surface area contributed by atoms with Gasteiger partial charge in [0.2, 0.25) is 0 Å². The smallest absolute Gasteiger partial charge is 0.163 e. The van der Waals surface area contributed by atoms with E-state index in [1.807, 2.05) is 0 Å². The van der Waals surface area contributed by atoms with Crippen LogP contribution in [0, 0.1) is 11.6 Å². The quantitative estimate of drug-likeness (QED) is 0.806. The molecule has 0 radical (unpaired) electrons. The zero-order valence-electron chi connectivity index (χ0n) is 8.62. The van der Waals surface area contributed by atoms with Crippen molar-refractivity contribution in [2.24, 2.45) is 0 Å². The Morgan fingerprint density at radius 3 is 2.88 bits per heavy atom. The monoisotopic (exact) mass is 229 g/mol. The van der Waals surface area contributed by atoms with Gasteiger partial charge in [0.25, 0.3) is 0 Å². The summed E-state index contributed by atoms with van der Waals surface area (Å²) in [7, 11) is 0. The van der Waals surface area contributed by atoms with Gasteiger partial charge >= 0.3 is 0 Å². The van der Waals surface area contributed by atoms with Crippen LogP contribution in [0.25, 0.3) is 0 Å². The van der Waals surface area contributed by atoms with E-state index >= 15 is 0 Å². The molecule has 1 aromatic rings. The Hall–Kier alpha value is -1.04. The first-order valence-electron chi connectivity index (χ1n) is 5.10. The molecule has 16 heavy (non-hydrogen) atoms. The maximum absolute atomic E-state index is 13.3. The second-order valence-electron chi connectivity index (χ2n) is 3.81. The summed E-state index contributed by atoms with van der Waals surface area (Å²) < 4.78 is 31.2. The SMILES string of the molecule is OC1COCC1NCc1cccc(F)c1F. The maximum atomic E-state index is 13.3. The molecule has 0 saturated carbocycles. The van der Waals surface area contributed by atoms with Gasteiger partial charge in [-0.05, 0) is 6.07 Å². The lowest BCUT2D eigenvalue weighted by Gasteiger charge is -2.14. The van der Waals surface area contributed by atoms with Gasteiger partial charge in [-0.1, -0.05) is 12.1 Å². The number of halogens is 2. The Kier molecular flexibility index (Phi) is 3.48. The largest absolute Gasteiger partial charge is 0.389 e. The molecule has 3 nitrogen and oxygen atoms in total. The molecule has 0 aliphatic carbocycles. The van der Waals surface area contributed by atoms with Gasteiger partial charge in [-0.25, -0.2) is 8.78 Å². The Morgan fingerprint density at radius 2 is 2.19 bits per heavy atom. The average Bonchev–Trinajstić information content (AvgIpc) is 2.67. The third kappa shape index (κ3) is 2.37. The molecule has 1 fully saturated rings. The Bertz CT molecular complexity index is 373. The molecule has 0 amide bonds. The fourth-order valence-electron chi connectivity index (χ4n) is 1.66. The van der Waals surface area contributed by atoms with Gasteiger partial charge in [-0.2, -0.15) is 0 Å². The third-order valence-electron chi connectivity index (χ3n) is 2.64. The van der Waals surface area contributed by atoms with Crippen LogP contribution in [0.3, 0.4) is 0 Å². The summed E-state index contributed by atoms with van der Waals surface area (Å²) in [5, 5.41) is 12.4. The second kappa shape index (κ2) is 4.86. The maximum Gasteiger partial charge on any atom is 0.163 e. The highest BCUT2D eigenvalue weighted by atomic mass is 19.2. The van der Waals surface area contributed by atoms with Crippen molar-refractivity contribution in [3.05, 3.63) is 35.4 Å². The summed E-state index contributed by atoms with van der Waals surface area (Å²) in [6.07, 6.45) is -0.586. The first kappa shape index (κ1) is 11.4. The van der Waals surface area contributed by atoms with Crippen molar-refractivity contribution < 1.29 is 18.6 Å². The number of aliphatic hydroxyl groups excluding tert-OH is 1. The average molecular weight is 229 g/mol. The van der Waals surface area contributed by atoms with E-state index in [0.717, 1.165) is 6.07 Å². The molecule has 1 heterocycles. The van der Waals surface area contributed by atoms with Crippen LogP contribution in [0.1, 0.15) is 5.56 Å². The van der Waals surface area contributed by atoms with Crippen LogP contribution in [-0.2, 0) is 11.3 Å². The van der Waals surface area contributed by atoms with Crippen molar-refractivity contribution in [2.75, 3.05) is 13.2 Å². The molecule has 1 aliphatic rings. The highest BCUT2D eigenvalue weighted by Crippen LogP contribution is 2.12. The second-order valence-corrected chi connectivity index (χ2v) is 3.81. The van der Waals surface area contributed by atoms with Crippen LogP contribution < -0.4 is 5.32 Å². The minimum absolute atomic E-state index is 0.175. The molecule has 0 spiro atoms. The van der Waals surface area contributed by atoms with Crippen LogP contribution in [0.15, 0.2) is 18.2 Å². The van der Waals surface area contributed by atoms with Crippen molar-refractivity contribution >= 4 is 0 Å². The van der Waals surface area contributed by atoms with Gasteiger partial charge < -0.3 is 15.2 Å². The van der Waals surface area contributed by atoms with Gasteiger partial charge in [0.15, 0.2) is 11.6 Å². The summed E-state index contributed by atoms with van der Waals surface area (Å²) in [4.78, 5) is 0. The highest BCUT2D eigenvalue weighted by molar-refractivity contribution is 5.18. The number of ether oxygens (including phenoxy) is 1. The van der Waals surface area contributed by atoms with E-state index in [1.54, 1.807) is 0 Å². The summed E-state index contributed by atoms with van der Waals surface area (Å²) in [6, 6.07) is 3.82. The van der Waals surface area contributed by atoms with E-state index in [9.17, 15) is 13.9 Å². The van der Waals surface area contributed by atoms with Crippen molar-refractivity contribution in [3.63, 3.8) is 0 Å². The predicted octanol–water partition coefficient (Wildman–Crippen LogP) is 0.814. The highest BCUT2D eigenvalue weighted by Gasteiger charge is 2.25. The van der Waals surface area contributed by atoms with Crippen molar-refractivity contribution in [1.82, 2.24) is 5.32 Å². The first-order valence-corrected chi connectivity index (χ1v) is 5.10. The molecular weight excluding hydrogens is 216 g/mol. The molecule has 2 atom stereocenters. The zero-order valence-corrected chi connectivity index (χ0v) is 8.62. The predicted molar refractivity (Wildman–Crippen MR) is 53.8 cm³/mol. The lowest BCUT2D eigenvalue weighted by Crippen LogP contribution is -2.38. The molecule has 5 heteroatoms. The number of aliphatic hydroxyl groups is 1. The summed E-state index contributed by atoms with van der Waals surface area (Å²) >= 11 is 0. The Morgan fingerprint density at radius 1 is 1.38 bits per heavy atom. The fraction of sp³-hybridized carbons (Fsp3) is 0.455. The van der Waals surface area contributed by atoms with Crippen molar-refractivity contribution in [3.8, 4) is 0 Å². The van der Waals surface area contributed by atoms with Gasteiger partial charge in [0, 0.05) is 12.1 Å². The van der Waals surface area contributed by atoms with Crippen LogP contribution in [0.2, 0.25) is 0 Å². The summed E-state index contributed by atoms with van der Waals surface area (Å²) in [5.41, 5.74) is 0.249. The lowest BCUT2D eigenvalue weighted by atomic mass is 10.1. The van der Waals surface area contributed by atoms with Crippen molar-refractivity contribution in [1.29, 1.82) is 0 Å². The zero-order chi connectivity index (χ0) is 11.5. The van der Waals surface area contributed by atoms with E-state index < -0.39 is 17.7 Å². The van der Waals surface area contributed by atoms with Gasteiger partial charge in [0.05, 0.1) is 25.4 Å². The van der Waals surface area contributed by atoms with E-state index in [4.69, 9.17) is 4.74 Å². The molecule has 2 N–H and O–H groups in total. The van der Waals surface area contributed by atoms with E-state index in [1.165, 1.54) is 12.1 Å². The number of benzene rings is 1. The minimum atomic E-state index is -0.859. The standard InChI is InChI=1S/C11H13F2NO2/c12-8-3-1-2-7(11(8)13)4-14-9-5-16-6-10(9)15/h1-3,9-10,14-15H,4-6H2. The van der Waals surface area contributed by atoms with E-state index in [2.05, 4.69) is 5.32 Å². The molecule has 2 unspecified atom stereocenters. The van der Waals surface area contributed by atoms with Crippen LogP contribution in [-0.4, -0.2) is 30.5 Å². The Balaban J connectivity index is 1.96. The molecule has 2 rings (SSSR count). The third-order valence-corrected chi connectivity index (χ3v) is 2.64. The van der Waals surface area contributed by atoms with E-state index in [-0.39, 0.29) is 24.8 Å². The molecule has 0 bridgehead atoms. The van der Waals surface area contributed by atoms with Gasteiger partial charge in [-0.3, -0.25) is 0 Å². The minimum Gasteiger partial charge on any atom is -0.389 e. The van der Waals surface area contributed by atoms with Crippen molar-refractivity contribution in [2.45, 2.75) is 18.7 Å². The molecule has 1 aromatic carbocycles. The summed E-state index contributed by atoms with van der Waals surface area (Å²) in [6.45, 7) is 0.843. The molecule has 1 aliphatic heterocycles. The fourth-order valence-corrected chi connectivity index (χ4v) is 1.66. The normalized spacial score (nSPS) is 24.9. The first-order chi connectivity index (χ1) is 7.68. The van der Waals surface area contributed by atoms with Crippen LogP contribution in [0.4, 0.5) is 8.78 Å². The number of hydrogen-bond donors (Lipinski definition) is 2. The topological polar surface area (TPSA) is 41.5 Å². The van der Waals surface area contributed by atoms with Crippen LogP contribution >= 0.6 is 0 Å².